The normalized spacial score (nSPS) is 16.3. The molecule has 10 heteroatoms. The van der Waals surface area contributed by atoms with Gasteiger partial charge in [-0.1, -0.05) is 18.2 Å². The lowest BCUT2D eigenvalue weighted by atomic mass is 10.0. The molecule has 1 N–H and O–H groups in total. The minimum absolute atomic E-state index is 0.0287. The van der Waals surface area contributed by atoms with Crippen molar-refractivity contribution in [1.82, 2.24) is 10.3 Å². The van der Waals surface area contributed by atoms with Crippen LogP contribution in [0.25, 0.3) is 11.3 Å². The fraction of sp³-hybridized carbons (Fsp3) is 0.0968. The van der Waals surface area contributed by atoms with Gasteiger partial charge in [-0.3, -0.25) is 15.1 Å². The maximum Gasteiger partial charge on any atom is 0.280 e. The zero-order chi connectivity index (χ0) is 28.3. The van der Waals surface area contributed by atoms with Gasteiger partial charge in [0.25, 0.3) is 5.69 Å². The third-order valence-corrected chi connectivity index (χ3v) is 7.11. The molecule has 6 rings (SSSR count). The number of hydrogen-bond donors (Lipinski definition) is 1. The Bertz CT molecular complexity index is 1690. The molecule has 41 heavy (non-hydrogen) atoms. The molecule has 3 aromatic carbocycles. The van der Waals surface area contributed by atoms with Crippen molar-refractivity contribution in [3.63, 3.8) is 0 Å². The molecule has 3 heterocycles. The Labute approximate surface area is 241 Å². The van der Waals surface area contributed by atoms with E-state index in [1.54, 1.807) is 37.6 Å². The molecule has 5 aromatic rings. The third kappa shape index (κ3) is 5.20. The Balaban J connectivity index is 1.35. The number of aromatic nitrogens is 1. The van der Waals surface area contributed by atoms with E-state index in [4.69, 9.17) is 26.1 Å². The van der Waals surface area contributed by atoms with Crippen molar-refractivity contribution in [2.24, 2.45) is 0 Å². The van der Waals surface area contributed by atoms with Gasteiger partial charge in [0.05, 0.1) is 29.3 Å². The lowest BCUT2D eigenvalue weighted by Gasteiger charge is -2.26. The molecule has 0 bridgehead atoms. The average Bonchev–Trinajstić information content (AvgIpc) is 3.63. The number of ether oxygens (including phenoxy) is 2. The first-order chi connectivity index (χ1) is 20.0. The third-order valence-electron chi connectivity index (χ3n) is 6.79. The number of benzene rings is 3. The Morgan fingerprint density at radius 3 is 2.27 bits per heavy atom. The van der Waals surface area contributed by atoms with Crippen LogP contribution in [0, 0.1) is 10.1 Å². The predicted molar refractivity (Wildman–Crippen MR) is 158 cm³/mol. The van der Waals surface area contributed by atoms with E-state index in [0.29, 0.717) is 33.7 Å². The van der Waals surface area contributed by atoms with E-state index in [-0.39, 0.29) is 11.7 Å². The smallest absolute Gasteiger partial charge is 0.280 e. The van der Waals surface area contributed by atoms with Crippen molar-refractivity contribution >= 4 is 28.7 Å². The van der Waals surface area contributed by atoms with E-state index in [9.17, 15) is 10.1 Å². The quantitative estimate of drug-likeness (QED) is 0.119. The molecule has 0 spiro atoms. The Kier molecular flexibility index (Phi) is 7.05. The summed E-state index contributed by atoms with van der Waals surface area (Å²) in [6, 6.07) is 30.0. The number of nitrogens with zero attached hydrogens (tertiary/aromatic N) is 3. The van der Waals surface area contributed by atoms with Crippen LogP contribution in [-0.2, 0) is 0 Å². The second kappa shape index (κ2) is 11.1. The summed E-state index contributed by atoms with van der Waals surface area (Å²) in [6.07, 6.45) is 1.73. The van der Waals surface area contributed by atoms with Gasteiger partial charge >= 0.3 is 0 Å². The lowest BCUT2D eigenvalue weighted by Crippen LogP contribution is -2.29. The highest BCUT2D eigenvalue weighted by molar-refractivity contribution is 7.80. The zero-order valence-corrected chi connectivity index (χ0v) is 22.7. The number of hydrogen-bond acceptors (Lipinski definition) is 7. The second-order valence-corrected chi connectivity index (χ2v) is 9.63. The van der Waals surface area contributed by atoms with Crippen molar-refractivity contribution in [2.75, 3.05) is 12.0 Å². The van der Waals surface area contributed by atoms with Crippen LogP contribution < -0.4 is 19.7 Å². The van der Waals surface area contributed by atoms with Gasteiger partial charge in [-0.15, -0.1) is 0 Å². The standard InChI is InChI=1S/C31H24N4O5S/c1-38-21-13-15-23(16-14-21)39-22-11-9-20(10-12-22)34-30(29(33-31(34)41)25-7-4-5-19-32-25)28-18-17-27(40-28)24-6-2-3-8-26(24)35(36)37/h2-19,29-30H,1H3,(H,33,41)/t29-,30-/m1/s1. The highest BCUT2D eigenvalue weighted by Gasteiger charge is 2.42. The molecule has 2 aromatic heterocycles. The van der Waals surface area contributed by atoms with E-state index in [0.717, 1.165) is 17.1 Å². The highest BCUT2D eigenvalue weighted by atomic mass is 32.1. The molecule has 0 aliphatic carbocycles. The molecule has 1 aliphatic heterocycles. The maximum atomic E-state index is 11.7. The summed E-state index contributed by atoms with van der Waals surface area (Å²) in [5, 5.41) is 15.5. The topological polar surface area (TPSA) is 103 Å². The summed E-state index contributed by atoms with van der Waals surface area (Å²) in [5.41, 5.74) is 1.97. The van der Waals surface area contributed by atoms with Gasteiger partial charge in [0.1, 0.15) is 34.8 Å². The van der Waals surface area contributed by atoms with Crippen LogP contribution in [0.15, 0.2) is 114 Å². The van der Waals surface area contributed by atoms with Crippen LogP contribution in [-0.4, -0.2) is 22.1 Å². The molecule has 2 atom stereocenters. The Hall–Kier alpha value is -5.22. The van der Waals surface area contributed by atoms with Crippen LogP contribution >= 0.6 is 12.2 Å². The summed E-state index contributed by atoms with van der Waals surface area (Å²) in [6.45, 7) is 0. The van der Waals surface area contributed by atoms with E-state index in [2.05, 4.69) is 10.3 Å². The average molecular weight is 565 g/mol. The van der Waals surface area contributed by atoms with Gasteiger partial charge in [-0.2, -0.15) is 0 Å². The SMILES string of the molecule is COc1ccc(Oc2ccc(N3C(=S)N[C@H](c4ccccn4)[C@H]3c3ccc(-c4ccccc4[N+](=O)[O-])o3)cc2)cc1. The van der Waals surface area contributed by atoms with Crippen molar-refractivity contribution < 1.29 is 18.8 Å². The van der Waals surface area contributed by atoms with Crippen molar-refractivity contribution in [1.29, 1.82) is 0 Å². The molecule has 0 unspecified atom stereocenters. The minimum Gasteiger partial charge on any atom is -0.497 e. The molecule has 9 nitrogen and oxygen atoms in total. The van der Waals surface area contributed by atoms with Crippen LogP contribution in [0.3, 0.4) is 0 Å². The zero-order valence-electron chi connectivity index (χ0n) is 21.8. The summed E-state index contributed by atoms with van der Waals surface area (Å²) in [7, 11) is 1.62. The van der Waals surface area contributed by atoms with Gasteiger partial charge in [0, 0.05) is 18.0 Å². The monoisotopic (exact) mass is 564 g/mol. The van der Waals surface area contributed by atoms with Crippen molar-refractivity contribution in [2.45, 2.75) is 12.1 Å². The van der Waals surface area contributed by atoms with E-state index < -0.39 is 11.0 Å². The first-order valence-electron chi connectivity index (χ1n) is 12.8. The van der Waals surface area contributed by atoms with Gasteiger partial charge in [0.15, 0.2) is 5.11 Å². The van der Waals surface area contributed by atoms with Crippen LogP contribution in [0.5, 0.6) is 17.2 Å². The van der Waals surface area contributed by atoms with E-state index in [1.807, 2.05) is 77.7 Å². The molecular formula is C31H24N4O5S. The number of nitro benzene ring substituents is 1. The van der Waals surface area contributed by atoms with Gasteiger partial charge < -0.3 is 24.1 Å². The largest absolute Gasteiger partial charge is 0.497 e. The fourth-order valence-electron chi connectivity index (χ4n) is 4.87. The minimum atomic E-state index is -0.415. The fourth-order valence-corrected chi connectivity index (χ4v) is 5.22. The van der Waals surface area contributed by atoms with Crippen molar-refractivity contribution in [3.05, 3.63) is 131 Å². The van der Waals surface area contributed by atoms with Crippen LogP contribution in [0.4, 0.5) is 11.4 Å². The Morgan fingerprint density at radius 2 is 1.59 bits per heavy atom. The number of anilines is 1. The van der Waals surface area contributed by atoms with Crippen LogP contribution in [0.1, 0.15) is 23.5 Å². The molecule has 0 amide bonds. The maximum absolute atomic E-state index is 11.7. The number of nitro groups is 1. The first-order valence-corrected chi connectivity index (χ1v) is 13.2. The molecule has 204 valence electrons. The molecule has 1 saturated heterocycles. The molecule has 1 fully saturated rings. The number of methoxy groups -OCH3 is 1. The second-order valence-electron chi connectivity index (χ2n) is 9.24. The molecule has 0 radical (unpaired) electrons. The van der Waals surface area contributed by atoms with Crippen molar-refractivity contribution in [3.8, 4) is 28.6 Å². The van der Waals surface area contributed by atoms with E-state index in [1.165, 1.54) is 6.07 Å². The predicted octanol–water partition coefficient (Wildman–Crippen LogP) is 7.23. The molecule has 1 aliphatic rings. The lowest BCUT2D eigenvalue weighted by molar-refractivity contribution is -0.384. The van der Waals surface area contributed by atoms with Gasteiger partial charge in [0.2, 0.25) is 0 Å². The summed E-state index contributed by atoms with van der Waals surface area (Å²) >= 11 is 5.81. The Morgan fingerprint density at radius 1 is 0.902 bits per heavy atom. The first kappa shape index (κ1) is 26.0. The summed E-state index contributed by atoms with van der Waals surface area (Å²) in [4.78, 5) is 17.8. The van der Waals surface area contributed by atoms with Gasteiger partial charge in [-0.05, 0) is 91.1 Å². The number of thiocarbonyl (C=S) groups is 1. The highest BCUT2D eigenvalue weighted by Crippen LogP contribution is 2.44. The molecular weight excluding hydrogens is 540 g/mol. The number of pyridine rings is 1. The number of nitrogens with one attached hydrogen (secondary N) is 1. The number of furan rings is 1. The number of rotatable bonds is 8. The van der Waals surface area contributed by atoms with Crippen LogP contribution in [0.2, 0.25) is 0 Å². The summed E-state index contributed by atoms with van der Waals surface area (Å²) < 4.78 is 17.5. The van der Waals surface area contributed by atoms with Gasteiger partial charge in [-0.25, -0.2) is 0 Å². The van der Waals surface area contributed by atoms with E-state index >= 15 is 0 Å². The molecule has 0 saturated carbocycles. The summed E-state index contributed by atoms with van der Waals surface area (Å²) in [5.74, 6) is 3.07. The number of para-hydroxylation sites is 1.